The van der Waals surface area contributed by atoms with Crippen molar-refractivity contribution in [3.63, 3.8) is 0 Å². The maximum Gasteiger partial charge on any atom is 0.172 e. The minimum atomic E-state index is -0.158. The number of hydrogen-bond acceptors (Lipinski definition) is 3. The van der Waals surface area contributed by atoms with Crippen LogP contribution in [0, 0.1) is 5.82 Å². The van der Waals surface area contributed by atoms with Crippen LogP contribution < -0.4 is 10.6 Å². The van der Waals surface area contributed by atoms with E-state index in [4.69, 9.17) is 12.2 Å². The summed E-state index contributed by atoms with van der Waals surface area (Å²) in [5.41, 5.74) is 0.743. The molecule has 2 atom stereocenters. The number of nitrogens with one attached hydrogen (secondary N) is 2. The molecule has 1 heterocycles. The van der Waals surface area contributed by atoms with Crippen LogP contribution in [0.15, 0.2) is 42.9 Å². The average molecular weight is 288 g/mol. The number of anilines is 1. The van der Waals surface area contributed by atoms with Crippen LogP contribution in [-0.4, -0.2) is 21.1 Å². The maximum absolute atomic E-state index is 13.6. The van der Waals surface area contributed by atoms with Crippen molar-refractivity contribution in [2.75, 3.05) is 5.32 Å². The van der Waals surface area contributed by atoms with Gasteiger partial charge in [-0.05, 0) is 30.3 Å². The molecule has 0 saturated heterocycles. The Morgan fingerprint density at radius 3 is 2.90 bits per heavy atom. The van der Waals surface area contributed by atoms with Crippen molar-refractivity contribution in [2.24, 2.45) is 0 Å². The van der Waals surface area contributed by atoms with Crippen molar-refractivity contribution in [3.8, 4) is 0 Å². The molecule has 3 rings (SSSR count). The zero-order valence-electron chi connectivity index (χ0n) is 10.6. The highest BCUT2D eigenvalue weighted by atomic mass is 32.1. The van der Waals surface area contributed by atoms with Gasteiger partial charge in [-0.15, -0.1) is 0 Å². The first-order valence-corrected chi connectivity index (χ1v) is 6.73. The summed E-state index contributed by atoms with van der Waals surface area (Å²) in [5, 5.41) is 6.60. The summed E-state index contributed by atoms with van der Waals surface area (Å²) in [4.78, 5) is 8.02. The minimum Gasteiger partial charge on any atom is -0.359 e. The maximum atomic E-state index is 13.6. The molecular formula is C14H13FN4S. The van der Waals surface area contributed by atoms with Gasteiger partial charge < -0.3 is 10.6 Å². The van der Waals surface area contributed by atoms with E-state index in [9.17, 15) is 4.39 Å². The Morgan fingerprint density at radius 2 is 2.15 bits per heavy atom. The van der Waals surface area contributed by atoms with Gasteiger partial charge in [0.2, 0.25) is 0 Å². The Bertz CT molecular complexity index is 620. The molecular weight excluding hydrogens is 275 g/mol. The third kappa shape index (κ3) is 2.91. The zero-order chi connectivity index (χ0) is 13.9. The van der Waals surface area contributed by atoms with Gasteiger partial charge in [-0.2, -0.15) is 0 Å². The molecule has 1 saturated carbocycles. The van der Waals surface area contributed by atoms with Crippen LogP contribution in [0.4, 0.5) is 10.2 Å². The molecule has 2 N–H and O–H groups in total. The van der Waals surface area contributed by atoms with Gasteiger partial charge in [0.1, 0.15) is 5.82 Å². The summed E-state index contributed by atoms with van der Waals surface area (Å²) in [7, 11) is 0. The first-order valence-electron chi connectivity index (χ1n) is 6.32. The lowest BCUT2D eigenvalue weighted by atomic mass is 10.1. The standard InChI is InChI=1S/C14H13FN4S/c15-11-4-2-1-3-9(11)10-7-12(10)18-14(20)19-13-8-16-5-6-17-13/h1-6,8,10,12H,7H2,(H2,17,18,19,20)/t10-,12-/m1/s1. The summed E-state index contributed by atoms with van der Waals surface area (Å²) < 4.78 is 13.6. The first kappa shape index (κ1) is 12.9. The fourth-order valence-corrected chi connectivity index (χ4v) is 2.41. The summed E-state index contributed by atoms with van der Waals surface area (Å²) in [6, 6.07) is 7.03. The normalized spacial score (nSPS) is 20.2. The molecule has 1 aromatic heterocycles. The Morgan fingerprint density at radius 1 is 1.30 bits per heavy atom. The fraction of sp³-hybridized carbons (Fsp3) is 0.214. The predicted octanol–water partition coefficient (Wildman–Crippen LogP) is 2.46. The van der Waals surface area contributed by atoms with Crippen molar-refractivity contribution in [1.82, 2.24) is 15.3 Å². The van der Waals surface area contributed by atoms with E-state index in [1.807, 2.05) is 12.1 Å². The molecule has 1 aliphatic rings. The summed E-state index contributed by atoms with van der Waals surface area (Å²) >= 11 is 5.20. The number of thiocarbonyl (C=S) groups is 1. The number of benzene rings is 1. The van der Waals surface area contributed by atoms with E-state index in [0.29, 0.717) is 10.9 Å². The number of aromatic nitrogens is 2. The van der Waals surface area contributed by atoms with Gasteiger partial charge in [0, 0.05) is 24.4 Å². The topological polar surface area (TPSA) is 49.8 Å². The molecule has 20 heavy (non-hydrogen) atoms. The SMILES string of the molecule is Fc1ccccc1[C@H]1C[C@H]1NC(=S)Nc1cnccn1. The van der Waals surface area contributed by atoms with Gasteiger partial charge in [-0.3, -0.25) is 4.98 Å². The van der Waals surface area contributed by atoms with E-state index in [1.54, 1.807) is 24.7 Å². The fourth-order valence-electron chi connectivity index (χ4n) is 2.16. The lowest BCUT2D eigenvalue weighted by Gasteiger charge is -2.09. The van der Waals surface area contributed by atoms with Gasteiger partial charge in [0.15, 0.2) is 10.9 Å². The monoisotopic (exact) mass is 288 g/mol. The Labute approximate surface area is 121 Å². The van der Waals surface area contributed by atoms with Gasteiger partial charge in [-0.1, -0.05) is 18.2 Å². The first-order chi connectivity index (χ1) is 9.74. The molecule has 0 spiro atoms. The van der Waals surface area contributed by atoms with Gasteiger partial charge >= 0.3 is 0 Å². The van der Waals surface area contributed by atoms with E-state index >= 15 is 0 Å². The number of nitrogens with zero attached hydrogens (tertiary/aromatic N) is 2. The van der Waals surface area contributed by atoms with E-state index in [1.165, 1.54) is 6.07 Å². The number of halogens is 1. The molecule has 0 amide bonds. The Hall–Kier alpha value is -2.08. The molecule has 0 radical (unpaired) electrons. The van der Waals surface area contributed by atoms with Crippen molar-refractivity contribution in [3.05, 3.63) is 54.2 Å². The number of hydrogen-bond donors (Lipinski definition) is 2. The molecule has 6 heteroatoms. The second-order valence-electron chi connectivity index (χ2n) is 4.66. The molecule has 4 nitrogen and oxygen atoms in total. The molecule has 102 valence electrons. The third-order valence-electron chi connectivity index (χ3n) is 3.22. The van der Waals surface area contributed by atoms with Crippen molar-refractivity contribution in [1.29, 1.82) is 0 Å². The van der Waals surface area contributed by atoms with Gasteiger partial charge in [-0.25, -0.2) is 9.37 Å². The van der Waals surface area contributed by atoms with Crippen LogP contribution in [0.5, 0.6) is 0 Å². The van der Waals surface area contributed by atoms with Crippen LogP contribution >= 0.6 is 12.2 Å². The quantitative estimate of drug-likeness (QED) is 0.850. The van der Waals surface area contributed by atoms with E-state index in [-0.39, 0.29) is 17.8 Å². The second-order valence-corrected chi connectivity index (χ2v) is 5.07. The average Bonchev–Trinajstić information content (AvgIpc) is 3.19. The largest absolute Gasteiger partial charge is 0.359 e. The van der Waals surface area contributed by atoms with Gasteiger partial charge in [0.25, 0.3) is 0 Å². The predicted molar refractivity (Wildman–Crippen MR) is 78.9 cm³/mol. The van der Waals surface area contributed by atoms with Crippen molar-refractivity contribution < 1.29 is 4.39 Å². The molecule has 0 unspecified atom stereocenters. The Kier molecular flexibility index (Phi) is 3.56. The molecule has 0 aliphatic heterocycles. The van der Waals surface area contributed by atoms with Crippen LogP contribution in [0.1, 0.15) is 17.9 Å². The summed E-state index contributed by atoms with van der Waals surface area (Å²) in [5.74, 6) is 0.612. The molecule has 1 fully saturated rings. The van der Waals surface area contributed by atoms with Crippen molar-refractivity contribution >= 4 is 23.1 Å². The second kappa shape index (κ2) is 5.50. The van der Waals surface area contributed by atoms with Crippen LogP contribution in [0.3, 0.4) is 0 Å². The highest BCUT2D eigenvalue weighted by molar-refractivity contribution is 7.80. The van der Waals surface area contributed by atoms with Gasteiger partial charge in [0.05, 0.1) is 6.20 Å². The molecule has 2 aromatic rings. The molecule has 0 bridgehead atoms. The third-order valence-corrected chi connectivity index (χ3v) is 3.44. The van der Waals surface area contributed by atoms with E-state index < -0.39 is 0 Å². The lowest BCUT2D eigenvalue weighted by molar-refractivity contribution is 0.608. The zero-order valence-corrected chi connectivity index (χ0v) is 11.4. The molecule has 1 aliphatic carbocycles. The Balaban J connectivity index is 1.56. The summed E-state index contributed by atoms with van der Waals surface area (Å²) in [6.07, 6.45) is 5.65. The molecule has 1 aromatic carbocycles. The van der Waals surface area contributed by atoms with Crippen LogP contribution in [0.25, 0.3) is 0 Å². The highest BCUT2D eigenvalue weighted by Gasteiger charge is 2.40. The lowest BCUT2D eigenvalue weighted by Crippen LogP contribution is -2.31. The number of rotatable bonds is 3. The van der Waals surface area contributed by atoms with Crippen molar-refractivity contribution in [2.45, 2.75) is 18.4 Å². The smallest absolute Gasteiger partial charge is 0.172 e. The highest BCUT2D eigenvalue weighted by Crippen LogP contribution is 2.41. The summed E-state index contributed by atoms with van der Waals surface area (Å²) in [6.45, 7) is 0. The minimum absolute atomic E-state index is 0.158. The van der Waals surface area contributed by atoms with E-state index in [2.05, 4.69) is 20.6 Å². The van der Waals surface area contributed by atoms with Crippen LogP contribution in [-0.2, 0) is 0 Å². The van der Waals surface area contributed by atoms with Crippen LogP contribution in [0.2, 0.25) is 0 Å². The van der Waals surface area contributed by atoms with E-state index in [0.717, 1.165) is 12.0 Å².